The summed E-state index contributed by atoms with van der Waals surface area (Å²) in [6, 6.07) is 8.99. The zero-order valence-electron chi connectivity index (χ0n) is 14.7. The van der Waals surface area contributed by atoms with Crippen LogP contribution in [0.4, 0.5) is 11.6 Å². The van der Waals surface area contributed by atoms with Gasteiger partial charge >= 0.3 is 0 Å². The van der Waals surface area contributed by atoms with Crippen LogP contribution in [0.2, 0.25) is 0 Å². The lowest BCUT2D eigenvalue weighted by atomic mass is 10.2. The van der Waals surface area contributed by atoms with Gasteiger partial charge in [0.1, 0.15) is 16.5 Å². The third-order valence-corrected chi connectivity index (χ3v) is 5.28. The quantitative estimate of drug-likeness (QED) is 0.766. The molecule has 26 heavy (non-hydrogen) atoms. The number of aromatic nitrogens is 2. The number of hydrogen-bond acceptors (Lipinski definition) is 7. The van der Waals surface area contributed by atoms with E-state index in [1.165, 1.54) is 6.07 Å². The Hall–Kier alpha value is -2.23. The zero-order chi connectivity index (χ0) is 18.6. The van der Waals surface area contributed by atoms with Gasteiger partial charge in [0.15, 0.2) is 0 Å². The number of hydrogen-bond donors (Lipinski definition) is 2. The fraction of sp³-hybridized carbons (Fsp3) is 0.412. The van der Waals surface area contributed by atoms with Crippen LogP contribution in [-0.2, 0) is 10.0 Å². The van der Waals surface area contributed by atoms with Crippen molar-refractivity contribution in [2.75, 3.05) is 42.9 Å². The number of piperazine rings is 1. The smallest absolute Gasteiger partial charge is 0.241 e. The van der Waals surface area contributed by atoms with E-state index in [9.17, 15) is 8.42 Å². The van der Waals surface area contributed by atoms with Gasteiger partial charge in [-0.15, -0.1) is 0 Å². The molecular formula is C17H24N6O2S. The molecule has 140 valence electrons. The van der Waals surface area contributed by atoms with E-state index in [1.807, 2.05) is 31.3 Å². The predicted octanol–water partition coefficient (Wildman–Crippen LogP) is 0.747. The van der Waals surface area contributed by atoms with Crippen LogP contribution in [0.1, 0.15) is 6.92 Å². The molecule has 0 spiro atoms. The van der Waals surface area contributed by atoms with E-state index in [1.54, 1.807) is 12.3 Å². The van der Waals surface area contributed by atoms with Crippen LogP contribution in [-0.4, -0.2) is 62.1 Å². The van der Waals surface area contributed by atoms with Crippen LogP contribution >= 0.6 is 0 Å². The fourth-order valence-corrected chi connectivity index (χ4v) is 3.74. The molecule has 2 aromatic heterocycles. The summed E-state index contributed by atoms with van der Waals surface area (Å²) >= 11 is 0. The number of nitrogens with zero attached hydrogens (tertiary/aromatic N) is 4. The summed E-state index contributed by atoms with van der Waals surface area (Å²) in [5.74, 6) is 1.30. The molecule has 0 aromatic carbocycles. The predicted molar refractivity (Wildman–Crippen MR) is 102 cm³/mol. The van der Waals surface area contributed by atoms with Crippen LogP contribution in [0.15, 0.2) is 47.6 Å². The molecule has 0 saturated carbocycles. The van der Waals surface area contributed by atoms with Gasteiger partial charge in [0.25, 0.3) is 0 Å². The second-order valence-electron chi connectivity index (χ2n) is 6.42. The summed E-state index contributed by atoms with van der Waals surface area (Å²) in [4.78, 5) is 13.2. The maximum absolute atomic E-state index is 11.7. The van der Waals surface area contributed by atoms with Crippen molar-refractivity contribution in [3.05, 3.63) is 42.7 Å². The Labute approximate surface area is 154 Å². The number of primary sulfonamides is 1. The van der Waals surface area contributed by atoms with E-state index in [2.05, 4.69) is 25.1 Å². The van der Waals surface area contributed by atoms with Gasteiger partial charge in [-0.3, -0.25) is 4.90 Å². The summed E-state index contributed by atoms with van der Waals surface area (Å²) in [5.41, 5.74) is 0. The maximum atomic E-state index is 11.7. The van der Waals surface area contributed by atoms with E-state index in [-0.39, 0.29) is 10.9 Å². The van der Waals surface area contributed by atoms with Gasteiger partial charge in [-0.2, -0.15) is 0 Å². The molecular weight excluding hydrogens is 352 g/mol. The number of sulfonamides is 1. The van der Waals surface area contributed by atoms with E-state index in [0.717, 1.165) is 38.5 Å². The molecule has 0 radical (unpaired) electrons. The van der Waals surface area contributed by atoms with Crippen molar-refractivity contribution < 1.29 is 8.42 Å². The molecule has 8 nitrogen and oxygen atoms in total. The Kier molecular flexibility index (Phi) is 5.70. The van der Waals surface area contributed by atoms with Gasteiger partial charge in [0.05, 0.1) is 0 Å². The minimum Gasteiger partial charge on any atom is -0.365 e. The number of nitrogens with two attached hydrogens (primary N) is 1. The number of pyridine rings is 2. The lowest BCUT2D eigenvalue weighted by Gasteiger charge is -2.36. The van der Waals surface area contributed by atoms with Crippen molar-refractivity contribution >= 4 is 21.7 Å². The summed E-state index contributed by atoms with van der Waals surface area (Å²) in [6.07, 6.45) is 3.36. The highest BCUT2D eigenvalue weighted by atomic mass is 32.2. The van der Waals surface area contributed by atoms with Crippen LogP contribution in [0.3, 0.4) is 0 Å². The molecule has 1 atom stereocenters. The standard InChI is InChI=1S/C17H24N6O2S/c1-14(21-17-15(26(18,24)25)5-4-8-20-17)13-22-9-11-23(12-10-22)16-6-2-3-7-19-16/h2-8,14H,9-13H2,1H3,(H,20,21)(H2,18,24,25). The Morgan fingerprint density at radius 3 is 2.50 bits per heavy atom. The second kappa shape index (κ2) is 7.98. The molecule has 2 aromatic rings. The molecule has 1 fully saturated rings. The minimum absolute atomic E-state index is 0.0202. The SMILES string of the molecule is CC(CN1CCN(c2ccccn2)CC1)Nc1ncccc1S(N)(=O)=O. The van der Waals surface area contributed by atoms with E-state index < -0.39 is 10.0 Å². The number of nitrogens with one attached hydrogen (secondary N) is 1. The third kappa shape index (κ3) is 4.69. The Morgan fingerprint density at radius 1 is 1.12 bits per heavy atom. The van der Waals surface area contributed by atoms with Gasteiger partial charge in [-0.1, -0.05) is 6.07 Å². The van der Waals surface area contributed by atoms with Gasteiger partial charge in [0.2, 0.25) is 10.0 Å². The van der Waals surface area contributed by atoms with Crippen LogP contribution in [0.25, 0.3) is 0 Å². The van der Waals surface area contributed by atoms with Crippen molar-refractivity contribution in [3.8, 4) is 0 Å². The molecule has 3 heterocycles. The van der Waals surface area contributed by atoms with Gasteiger partial charge in [-0.05, 0) is 31.2 Å². The zero-order valence-corrected chi connectivity index (χ0v) is 15.6. The van der Waals surface area contributed by atoms with Crippen LogP contribution < -0.4 is 15.4 Å². The molecule has 0 aliphatic carbocycles. The fourth-order valence-electron chi connectivity index (χ4n) is 3.10. The number of anilines is 2. The topological polar surface area (TPSA) is 104 Å². The number of rotatable bonds is 6. The minimum atomic E-state index is -3.80. The Morgan fingerprint density at radius 2 is 1.85 bits per heavy atom. The maximum Gasteiger partial charge on any atom is 0.241 e. The van der Waals surface area contributed by atoms with Gasteiger partial charge in [-0.25, -0.2) is 23.5 Å². The van der Waals surface area contributed by atoms with E-state index in [4.69, 9.17) is 5.14 Å². The van der Waals surface area contributed by atoms with Crippen molar-refractivity contribution in [2.45, 2.75) is 17.9 Å². The molecule has 0 amide bonds. The molecule has 1 aliphatic rings. The van der Waals surface area contributed by atoms with Crippen molar-refractivity contribution in [3.63, 3.8) is 0 Å². The second-order valence-corrected chi connectivity index (χ2v) is 7.95. The molecule has 3 rings (SSSR count). The first-order valence-electron chi connectivity index (χ1n) is 8.56. The molecule has 1 aliphatic heterocycles. The monoisotopic (exact) mass is 376 g/mol. The van der Waals surface area contributed by atoms with Crippen molar-refractivity contribution in [2.24, 2.45) is 5.14 Å². The molecule has 0 bridgehead atoms. The largest absolute Gasteiger partial charge is 0.365 e. The average molecular weight is 376 g/mol. The summed E-state index contributed by atoms with van der Waals surface area (Å²) in [6.45, 7) is 6.47. The highest BCUT2D eigenvalue weighted by Crippen LogP contribution is 2.18. The van der Waals surface area contributed by atoms with Crippen LogP contribution in [0, 0.1) is 0 Å². The third-order valence-electron chi connectivity index (χ3n) is 4.34. The Bertz CT molecular complexity index is 822. The molecule has 1 unspecified atom stereocenters. The van der Waals surface area contributed by atoms with Crippen molar-refractivity contribution in [1.29, 1.82) is 0 Å². The van der Waals surface area contributed by atoms with Gasteiger partial charge < -0.3 is 10.2 Å². The highest BCUT2D eigenvalue weighted by molar-refractivity contribution is 7.89. The van der Waals surface area contributed by atoms with Crippen LogP contribution in [0.5, 0.6) is 0 Å². The average Bonchev–Trinajstić information content (AvgIpc) is 2.62. The molecule has 1 saturated heterocycles. The first kappa shape index (κ1) is 18.6. The van der Waals surface area contributed by atoms with E-state index in [0.29, 0.717) is 5.82 Å². The highest BCUT2D eigenvalue weighted by Gasteiger charge is 2.21. The molecule has 9 heteroatoms. The molecule has 3 N–H and O–H groups in total. The first-order chi connectivity index (χ1) is 12.4. The lowest BCUT2D eigenvalue weighted by molar-refractivity contribution is 0.250. The van der Waals surface area contributed by atoms with Crippen molar-refractivity contribution in [1.82, 2.24) is 14.9 Å². The van der Waals surface area contributed by atoms with E-state index >= 15 is 0 Å². The first-order valence-corrected chi connectivity index (χ1v) is 10.1. The summed E-state index contributed by atoms with van der Waals surface area (Å²) < 4.78 is 23.3. The Balaban J connectivity index is 1.55. The summed E-state index contributed by atoms with van der Waals surface area (Å²) in [5, 5.41) is 8.43. The van der Waals surface area contributed by atoms with Gasteiger partial charge in [0, 0.05) is 51.2 Å². The normalized spacial score (nSPS) is 17.1. The lowest BCUT2D eigenvalue weighted by Crippen LogP contribution is -2.49. The summed E-state index contributed by atoms with van der Waals surface area (Å²) in [7, 11) is -3.80.